The van der Waals surface area contributed by atoms with Gasteiger partial charge in [0.2, 0.25) is 0 Å². The van der Waals surface area contributed by atoms with Crippen molar-refractivity contribution in [1.29, 1.82) is 0 Å². The molecule has 1 atom stereocenters. The monoisotopic (exact) mass is 179 g/mol. The third kappa shape index (κ3) is 1.56. The first-order chi connectivity index (χ1) is 6.25. The smallest absolute Gasteiger partial charge is 0.407 e. The maximum Gasteiger partial charge on any atom is 0.407 e. The second-order valence-corrected chi connectivity index (χ2v) is 2.89. The molecule has 0 bridgehead atoms. The topological polar surface area (TPSA) is 58.6 Å². The van der Waals surface area contributed by atoms with Crippen LogP contribution in [0.15, 0.2) is 24.3 Å². The van der Waals surface area contributed by atoms with Crippen molar-refractivity contribution in [2.75, 3.05) is 6.61 Å². The summed E-state index contributed by atoms with van der Waals surface area (Å²) in [7, 11) is 0. The molecule has 1 saturated heterocycles. The minimum atomic E-state index is -0.391. The van der Waals surface area contributed by atoms with Gasteiger partial charge in [-0.15, -0.1) is 0 Å². The van der Waals surface area contributed by atoms with Crippen LogP contribution in [-0.4, -0.2) is 17.8 Å². The minimum Gasteiger partial charge on any atom is -0.508 e. The third-order valence-electron chi connectivity index (χ3n) is 1.97. The van der Waals surface area contributed by atoms with Gasteiger partial charge in [-0.25, -0.2) is 4.79 Å². The fraction of sp³-hybridized carbons (Fsp3) is 0.222. The molecule has 1 fully saturated rings. The Morgan fingerprint density at radius 1 is 1.38 bits per heavy atom. The van der Waals surface area contributed by atoms with E-state index in [0.29, 0.717) is 6.61 Å². The third-order valence-corrected chi connectivity index (χ3v) is 1.97. The Bertz CT molecular complexity index is 320. The summed E-state index contributed by atoms with van der Waals surface area (Å²) >= 11 is 0. The van der Waals surface area contributed by atoms with Crippen molar-refractivity contribution < 1.29 is 14.6 Å². The molecule has 1 aliphatic heterocycles. The van der Waals surface area contributed by atoms with E-state index in [4.69, 9.17) is 9.84 Å². The highest BCUT2D eigenvalue weighted by Gasteiger charge is 2.23. The largest absolute Gasteiger partial charge is 0.508 e. The summed E-state index contributed by atoms with van der Waals surface area (Å²) < 4.78 is 4.74. The van der Waals surface area contributed by atoms with E-state index in [1.165, 1.54) is 0 Å². The first-order valence-corrected chi connectivity index (χ1v) is 3.98. The zero-order valence-electron chi connectivity index (χ0n) is 6.86. The molecule has 2 N–H and O–H groups in total. The van der Waals surface area contributed by atoms with Gasteiger partial charge in [0, 0.05) is 0 Å². The summed E-state index contributed by atoms with van der Waals surface area (Å²) in [5.41, 5.74) is 0.934. The first kappa shape index (κ1) is 7.91. The highest BCUT2D eigenvalue weighted by molar-refractivity contribution is 5.70. The van der Waals surface area contributed by atoms with Gasteiger partial charge >= 0.3 is 6.09 Å². The van der Waals surface area contributed by atoms with Crippen molar-refractivity contribution in [3.8, 4) is 5.75 Å². The molecule has 1 aromatic rings. The van der Waals surface area contributed by atoms with E-state index in [1.54, 1.807) is 24.3 Å². The molecule has 4 heteroatoms. The average molecular weight is 179 g/mol. The van der Waals surface area contributed by atoms with Gasteiger partial charge in [0.05, 0.1) is 6.04 Å². The number of carbonyl (C=O) groups is 1. The highest BCUT2D eigenvalue weighted by Crippen LogP contribution is 2.20. The summed E-state index contributed by atoms with van der Waals surface area (Å²) in [6, 6.07) is 6.59. The number of rotatable bonds is 1. The van der Waals surface area contributed by atoms with Gasteiger partial charge in [-0.3, -0.25) is 0 Å². The van der Waals surface area contributed by atoms with Crippen LogP contribution in [0, 0.1) is 0 Å². The van der Waals surface area contributed by atoms with Crippen LogP contribution in [-0.2, 0) is 4.74 Å². The van der Waals surface area contributed by atoms with Crippen LogP contribution in [0.2, 0.25) is 0 Å². The maximum atomic E-state index is 10.7. The number of cyclic esters (lactones) is 1. The Morgan fingerprint density at radius 3 is 2.62 bits per heavy atom. The standard InChI is InChI=1S/C9H9NO3/c11-7-3-1-6(2-4-7)8-5-13-9(12)10-8/h1-4,8,11H,5H2,(H,10,12)/t8-/m0/s1. The molecule has 1 amide bonds. The van der Waals surface area contributed by atoms with E-state index in [-0.39, 0.29) is 11.8 Å². The number of hydrogen-bond donors (Lipinski definition) is 2. The summed E-state index contributed by atoms with van der Waals surface area (Å²) in [5.74, 6) is 0.217. The van der Waals surface area contributed by atoms with E-state index in [0.717, 1.165) is 5.56 Å². The van der Waals surface area contributed by atoms with Crippen LogP contribution < -0.4 is 5.32 Å². The van der Waals surface area contributed by atoms with Gasteiger partial charge in [-0.05, 0) is 17.7 Å². The van der Waals surface area contributed by atoms with Gasteiger partial charge in [0.25, 0.3) is 0 Å². The summed E-state index contributed by atoms with van der Waals surface area (Å²) in [5, 5.41) is 11.7. The number of ether oxygens (including phenoxy) is 1. The molecule has 1 aliphatic rings. The Balaban J connectivity index is 2.17. The number of phenolic OH excluding ortho intramolecular Hbond substituents is 1. The molecule has 4 nitrogen and oxygen atoms in total. The fourth-order valence-corrected chi connectivity index (χ4v) is 1.27. The summed E-state index contributed by atoms with van der Waals surface area (Å²) in [6.45, 7) is 0.351. The predicted octanol–water partition coefficient (Wildman–Crippen LogP) is 1.17. The number of benzene rings is 1. The Hall–Kier alpha value is -1.71. The van der Waals surface area contributed by atoms with E-state index in [9.17, 15) is 4.79 Å². The lowest BCUT2D eigenvalue weighted by Gasteiger charge is -2.06. The maximum absolute atomic E-state index is 10.7. The molecule has 0 spiro atoms. The molecule has 0 radical (unpaired) electrons. The molecule has 68 valence electrons. The lowest BCUT2D eigenvalue weighted by Crippen LogP contribution is -2.17. The predicted molar refractivity (Wildman–Crippen MR) is 45.3 cm³/mol. The van der Waals surface area contributed by atoms with Crippen LogP contribution in [0.25, 0.3) is 0 Å². The van der Waals surface area contributed by atoms with Gasteiger partial charge in [0.15, 0.2) is 0 Å². The van der Waals surface area contributed by atoms with Gasteiger partial charge in [-0.2, -0.15) is 0 Å². The van der Waals surface area contributed by atoms with Crippen LogP contribution in [0.5, 0.6) is 5.75 Å². The highest BCUT2D eigenvalue weighted by atomic mass is 16.6. The van der Waals surface area contributed by atoms with E-state index in [1.807, 2.05) is 0 Å². The molecule has 0 aromatic heterocycles. The van der Waals surface area contributed by atoms with E-state index < -0.39 is 6.09 Å². The zero-order chi connectivity index (χ0) is 9.26. The Morgan fingerprint density at radius 2 is 2.08 bits per heavy atom. The lowest BCUT2D eigenvalue weighted by molar-refractivity contribution is 0.177. The summed E-state index contributed by atoms with van der Waals surface area (Å²) in [6.07, 6.45) is -0.391. The van der Waals surface area contributed by atoms with Crippen molar-refractivity contribution in [3.05, 3.63) is 29.8 Å². The van der Waals surface area contributed by atoms with E-state index >= 15 is 0 Å². The number of carbonyl (C=O) groups excluding carboxylic acids is 1. The second kappa shape index (κ2) is 2.97. The average Bonchev–Trinajstić information content (AvgIpc) is 2.53. The normalized spacial score (nSPS) is 20.9. The van der Waals surface area contributed by atoms with Crippen LogP contribution >= 0.6 is 0 Å². The number of phenols is 1. The SMILES string of the molecule is O=C1N[C@H](c2ccc(O)cc2)CO1. The van der Waals surface area contributed by atoms with Crippen LogP contribution in [0.1, 0.15) is 11.6 Å². The number of hydrogen-bond acceptors (Lipinski definition) is 3. The minimum absolute atomic E-state index is 0.0897. The molecule has 1 heterocycles. The van der Waals surface area contributed by atoms with Crippen molar-refractivity contribution >= 4 is 6.09 Å². The number of nitrogens with one attached hydrogen (secondary N) is 1. The second-order valence-electron chi connectivity index (χ2n) is 2.89. The van der Waals surface area contributed by atoms with Crippen molar-refractivity contribution in [3.63, 3.8) is 0 Å². The van der Waals surface area contributed by atoms with Crippen LogP contribution in [0.4, 0.5) is 4.79 Å². The zero-order valence-corrected chi connectivity index (χ0v) is 6.86. The van der Waals surface area contributed by atoms with Crippen molar-refractivity contribution in [2.45, 2.75) is 6.04 Å². The van der Waals surface area contributed by atoms with Crippen LogP contribution in [0.3, 0.4) is 0 Å². The quantitative estimate of drug-likeness (QED) is 0.680. The van der Waals surface area contributed by atoms with Gasteiger partial charge in [0.1, 0.15) is 12.4 Å². The number of amides is 1. The molecule has 0 saturated carbocycles. The molecule has 0 aliphatic carbocycles. The molecule has 1 aromatic carbocycles. The molecule has 2 rings (SSSR count). The molecule has 0 unspecified atom stereocenters. The fourth-order valence-electron chi connectivity index (χ4n) is 1.27. The first-order valence-electron chi connectivity index (χ1n) is 3.98. The van der Waals surface area contributed by atoms with E-state index in [2.05, 4.69) is 5.32 Å². The van der Waals surface area contributed by atoms with Crippen molar-refractivity contribution in [2.24, 2.45) is 0 Å². The molecule has 13 heavy (non-hydrogen) atoms. The summed E-state index contributed by atoms with van der Waals surface area (Å²) in [4.78, 5) is 10.7. The lowest BCUT2D eigenvalue weighted by atomic mass is 10.1. The van der Waals surface area contributed by atoms with Gasteiger partial charge in [-0.1, -0.05) is 12.1 Å². The Labute approximate surface area is 75.1 Å². The van der Waals surface area contributed by atoms with Gasteiger partial charge < -0.3 is 15.2 Å². The number of alkyl carbamates (subject to hydrolysis) is 1. The number of aromatic hydroxyl groups is 1. The molecular formula is C9H9NO3. The molecular weight excluding hydrogens is 170 g/mol. The Kier molecular flexibility index (Phi) is 1.81. The van der Waals surface area contributed by atoms with Crippen molar-refractivity contribution in [1.82, 2.24) is 5.32 Å².